The van der Waals surface area contributed by atoms with Crippen LogP contribution in [0.5, 0.6) is 0 Å². The zero-order chi connectivity index (χ0) is 12.8. The van der Waals surface area contributed by atoms with E-state index in [1.165, 1.54) is 38.8 Å². The van der Waals surface area contributed by atoms with Crippen molar-refractivity contribution in [1.82, 2.24) is 10.2 Å². The van der Waals surface area contributed by atoms with Crippen molar-refractivity contribution in [2.45, 2.75) is 32.6 Å². The molecule has 1 aliphatic carbocycles. The van der Waals surface area contributed by atoms with E-state index in [0.29, 0.717) is 0 Å². The van der Waals surface area contributed by atoms with Crippen LogP contribution in [0, 0.1) is 11.8 Å². The fourth-order valence-electron chi connectivity index (χ4n) is 3.29. The highest BCUT2D eigenvalue weighted by Gasteiger charge is 2.35. The fraction of sp³-hybridized carbons (Fsp3) is 0.929. The monoisotopic (exact) mass is 253 g/mol. The first-order valence-corrected chi connectivity index (χ1v) is 7.38. The molecule has 0 spiro atoms. The van der Waals surface area contributed by atoms with E-state index in [-0.39, 0.29) is 0 Å². The largest absolute Gasteiger partial charge is 0.380 e. The van der Waals surface area contributed by atoms with Crippen LogP contribution in [0.1, 0.15) is 32.6 Å². The van der Waals surface area contributed by atoms with Gasteiger partial charge < -0.3 is 15.0 Å². The van der Waals surface area contributed by atoms with E-state index in [0.717, 1.165) is 37.6 Å². The summed E-state index contributed by atoms with van der Waals surface area (Å²) < 4.78 is 5.35. The first kappa shape index (κ1) is 13.7. The number of likely N-dealkylation sites (tertiary alicyclic amines) is 1. The van der Waals surface area contributed by atoms with Gasteiger partial charge in [-0.05, 0) is 31.6 Å². The van der Waals surface area contributed by atoms with Gasteiger partial charge in [0, 0.05) is 33.3 Å². The maximum absolute atomic E-state index is 5.35. The van der Waals surface area contributed by atoms with Gasteiger partial charge in [0.05, 0.1) is 6.61 Å². The predicted molar refractivity (Wildman–Crippen MR) is 74.9 cm³/mol. The minimum atomic E-state index is 0.760. The second kappa shape index (κ2) is 6.98. The second-order valence-electron chi connectivity index (χ2n) is 5.38. The molecule has 1 heterocycles. The number of ether oxygens (including phenoxy) is 1. The lowest BCUT2D eigenvalue weighted by molar-refractivity contribution is 0.152. The Morgan fingerprint density at radius 2 is 1.94 bits per heavy atom. The Morgan fingerprint density at radius 3 is 2.50 bits per heavy atom. The SMILES string of the molecule is CCOCCNC(=NC)N1CC2CCCCC2C1. The van der Waals surface area contributed by atoms with Crippen LogP contribution >= 0.6 is 0 Å². The molecule has 0 amide bonds. The summed E-state index contributed by atoms with van der Waals surface area (Å²) in [5, 5.41) is 3.41. The van der Waals surface area contributed by atoms with Crippen molar-refractivity contribution in [3.05, 3.63) is 0 Å². The topological polar surface area (TPSA) is 36.9 Å². The molecule has 2 atom stereocenters. The Labute approximate surface area is 111 Å². The van der Waals surface area contributed by atoms with Crippen molar-refractivity contribution in [2.75, 3.05) is 39.9 Å². The second-order valence-corrected chi connectivity index (χ2v) is 5.38. The van der Waals surface area contributed by atoms with Gasteiger partial charge in [-0.3, -0.25) is 4.99 Å². The van der Waals surface area contributed by atoms with Crippen LogP contribution in [0.2, 0.25) is 0 Å². The minimum Gasteiger partial charge on any atom is -0.380 e. The van der Waals surface area contributed by atoms with Crippen LogP contribution in [0.15, 0.2) is 4.99 Å². The first-order chi connectivity index (χ1) is 8.85. The van der Waals surface area contributed by atoms with Crippen molar-refractivity contribution in [1.29, 1.82) is 0 Å². The number of nitrogens with one attached hydrogen (secondary N) is 1. The molecule has 2 unspecified atom stereocenters. The van der Waals surface area contributed by atoms with Crippen LogP contribution < -0.4 is 5.32 Å². The van der Waals surface area contributed by atoms with E-state index in [1.807, 2.05) is 14.0 Å². The van der Waals surface area contributed by atoms with Crippen molar-refractivity contribution < 1.29 is 4.74 Å². The zero-order valence-corrected chi connectivity index (χ0v) is 11.8. The van der Waals surface area contributed by atoms with Crippen molar-refractivity contribution >= 4 is 5.96 Å². The number of nitrogens with zero attached hydrogens (tertiary/aromatic N) is 2. The summed E-state index contributed by atoms with van der Waals surface area (Å²) in [6.45, 7) is 6.81. The Hall–Kier alpha value is -0.770. The summed E-state index contributed by atoms with van der Waals surface area (Å²) in [7, 11) is 1.88. The predicted octanol–water partition coefficient (Wildman–Crippen LogP) is 1.72. The van der Waals surface area contributed by atoms with Crippen LogP contribution in [-0.2, 0) is 4.74 Å². The highest BCUT2D eigenvalue weighted by Crippen LogP contribution is 2.35. The summed E-state index contributed by atoms with van der Waals surface area (Å²) in [5.74, 6) is 2.87. The normalized spacial score (nSPS) is 28.3. The Kier molecular flexibility index (Phi) is 5.29. The van der Waals surface area contributed by atoms with Gasteiger partial charge in [0.25, 0.3) is 0 Å². The number of hydrogen-bond acceptors (Lipinski definition) is 2. The molecule has 1 saturated carbocycles. The highest BCUT2D eigenvalue weighted by atomic mass is 16.5. The molecule has 104 valence electrons. The Balaban J connectivity index is 1.78. The van der Waals surface area contributed by atoms with Crippen LogP contribution in [-0.4, -0.2) is 50.8 Å². The summed E-state index contributed by atoms with van der Waals surface area (Å²) in [5.41, 5.74) is 0. The molecule has 0 bridgehead atoms. The maximum Gasteiger partial charge on any atom is 0.193 e. The molecule has 4 nitrogen and oxygen atoms in total. The lowest BCUT2D eigenvalue weighted by Crippen LogP contribution is -2.41. The van der Waals surface area contributed by atoms with E-state index in [1.54, 1.807) is 0 Å². The molecule has 2 rings (SSSR count). The summed E-state index contributed by atoms with van der Waals surface area (Å²) >= 11 is 0. The lowest BCUT2D eigenvalue weighted by atomic mass is 9.82. The molecule has 4 heteroatoms. The molecule has 0 aromatic carbocycles. The minimum absolute atomic E-state index is 0.760. The summed E-state index contributed by atoms with van der Waals surface area (Å²) in [4.78, 5) is 6.84. The van der Waals surface area contributed by atoms with Gasteiger partial charge in [0.2, 0.25) is 0 Å². The van der Waals surface area contributed by atoms with Crippen molar-refractivity contribution in [3.8, 4) is 0 Å². The number of guanidine groups is 1. The molecule has 1 saturated heterocycles. The van der Waals surface area contributed by atoms with Gasteiger partial charge >= 0.3 is 0 Å². The van der Waals surface area contributed by atoms with E-state index in [2.05, 4.69) is 15.2 Å². The molecule has 0 radical (unpaired) electrons. The average molecular weight is 253 g/mol. The fourth-order valence-corrected chi connectivity index (χ4v) is 3.29. The van der Waals surface area contributed by atoms with Crippen LogP contribution in [0.25, 0.3) is 0 Å². The number of fused-ring (bicyclic) bond motifs is 1. The van der Waals surface area contributed by atoms with Crippen molar-refractivity contribution in [2.24, 2.45) is 16.8 Å². The van der Waals surface area contributed by atoms with Gasteiger partial charge in [-0.25, -0.2) is 0 Å². The smallest absolute Gasteiger partial charge is 0.193 e. The molecule has 18 heavy (non-hydrogen) atoms. The third kappa shape index (κ3) is 3.37. The Bertz CT molecular complexity index is 266. The van der Waals surface area contributed by atoms with E-state index in [9.17, 15) is 0 Å². The molecular weight excluding hydrogens is 226 g/mol. The lowest BCUT2D eigenvalue weighted by Gasteiger charge is -2.22. The van der Waals surface area contributed by atoms with E-state index in [4.69, 9.17) is 4.74 Å². The zero-order valence-electron chi connectivity index (χ0n) is 11.8. The van der Waals surface area contributed by atoms with Gasteiger partial charge in [0.15, 0.2) is 5.96 Å². The molecular formula is C14H27N3O. The molecule has 1 N–H and O–H groups in total. The summed E-state index contributed by atoms with van der Waals surface area (Å²) in [6.07, 6.45) is 5.67. The van der Waals surface area contributed by atoms with Gasteiger partial charge in [-0.15, -0.1) is 0 Å². The van der Waals surface area contributed by atoms with Gasteiger partial charge in [-0.1, -0.05) is 12.8 Å². The van der Waals surface area contributed by atoms with E-state index >= 15 is 0 Å². The molecule has 2 aliphatic rings. The number of hydrogen-bond donors (Lipinski definition) is 1. The van der Waals surface area contributed by atoms with Gasteiger partial charge in [-0.2, -0.15) is 0 Å². The number of rotatable bonds is 4. The standard InChI is InChI=1S/C14H27N3O/c1-3-18-9-8-16-14(15-2)17-10-12-6-4-5-7-13(12)11-17/h12-13H,3-11H2,1-2H3,(H,15,16). The molecule has 0 aromatic heterocycles. The average Bonchev–Trinajstić information content (AvgIpc) is 2.82. The van der Waals surface area contributed by atoms with Crippen molar-refractivity contribution in [3.63, 3.8) is 0 Å². The Morgan fingerprint density at radius 1 is 1.28 bits per heavy atom. The summed E-state index contributed by atoms with van der Waals surface area (Å²) in [6, 6.07) is 0. The molecule has 1 aliphatic heterocycles. The first-order valence-electron chi connectivity index (χ1n) is 7.38. The molecule has 0 aromatic rings. The quantitative estimate of drug-likeness (QED) is 0.471. The molecule has 2 fully saturated rings. The third-order valence-electron chi connectivity index (χ3n) is 4.22. The highest BCUT2D eigenvalue weighted by molar-refractivity contribution is 5.80. The van der Waals surface area contributed by atoms with E-state index < -0.39 is 0 Å². The van der Waals surface area contributed by atoms with Crippen LogP contribution in [0.3, 0.4) is 0 Å². The maximum atomic E-state index is 5.35. The number of aliphatic imine (C=N–C) groups is 1. The van der Waals surface area contributed by atoms with Crippen LogP contribution in [0.4, 0.5) is 0 Å². The van der Waals surface area contributed by atoms with Gasteiger partial charge in [0.1, 0.15) is 0 Å². The third-order valence-corrected chi connectivity index (χ3v) is 4.22.